The van der Waals surface area contributed by atoms with Crippen LogP contribution < -0.4 is 4.74 Å². The zero-order valence-electron chi connectivity index (χ0n) is 17.9. The van der Waals surface area contributed by atoms with Crippen molar-refractivity contribution in [1.82, 2.24) is 0 Å². The van der Waals surface area contributed by atoms with Gasteiger partial charge in [0.25, 0.3) is 0 Å². The lowest BCUT2D eigenvalue weighted by Crippen LogP contribution is -2.13. The van der Waals surface area contributed by atoms with Gasteiger partial charge in [-0.2, -0.15) is 5.26 Å². The SMILES string of the molecule is CCCc1ccc(-c2ccc(C3CCC(CCC)CC3)cc2C#N)c(OC)c1F. The number of halogens is 1. The highest BCUT2D eigenvalue weighted by atomic mass is 19.1. The summed E-state index contributed by atoms with van der Waals surface area (Å²) in [6, 6.07) is 12.2. The van der Waals surface area contributed by atoms with Crippen molar-refractivity contribution in [3.05, 3.63) is 52.8 Å². The lowest BCUT2D eigenvalue weighted by atomic mass is 9.76. The van der Waals surface area contributed by atoms with Crippen LogP contribution >= 0.6 is 0 Å². The molecule has 2 aromatic carbocycles. The van der Waals surface area contributed by atoms with Crippen molar-refractivity contribution in [3.63, 3.8) is 0 Å². The first-order valence-electron chi connectivity index (χ1n) is 11.0. The van der Waals surface area contributed by atoms with E-state index in [1.807, 2.05) is 31.2 Å². The average Bonchev–Trinajstić information content (AvgIpc) is 2.75. The molecule has 0 radical (unpaired) electrons. The molecule has 0 bridgehead atoms. The van der Waals surface area contributed by atoms with Crippen LogP contribution in [-0.2, 0) is 6.42 Å². The summed E-state index contributed by atoms with van der Waals surface area (Å²) in [6.07, 6.45) is 9.08. The van der Waals surface area contributed by atoms with Crippen LogP contribution in [0.5, 0.6) is 5.75 Å². The van der Waals surface area contributed by atoms with Crippen molar-refractivity contribution in [2.75, 3.05) is 7.11 Å². The van der Waals surface area contributed by atoms with E-state index in [1.165, 1.54) is 51.2 Å². The van der Waals surface area contributed by atoms with E-state index < -0.39 is 0 Å². The number of nitriles is 1. The van der Waals surface area contributed by atoms with Crippen molar-refractivity contribution < 1.29 is 9.13 Å². The van der Waals surface area contributed by atoms with Crippen LogP contribution in [0.4, 0.5) is 4.39 Å². The lowest BCUT2D eigenvalue weighted by Gasteiger charge is -2.29. The van der Waals surface area contributed by atoms with E-state index in [2.05, 4.69) is 19.1 Å². The van der Waals surface area contributed by atoms with Crippen LogP contribution in [0.3, 0.4) is 0 Å². The maximum atomic E-state index is 14.9. The fourth-order valence-corrected chi connectivity index (χ4v) is 4.81. The number of rotatable bonds is 7. The summed E-state index contributed by atoms with van der Waals surface area (Å²) in [7, 11) is 1.49. The third-order valence-corrected chi connectivity index (χ3v) is 6.37. The number of hydrogen-bond donors (Lipinski definition) is 0. The molecule has 2 nitrogen and oxygen atoms in total. The molecule has 2 aromatic rings. The highest BCUT2D eigenvalue weighted by Gasteiger charge is 2.23. The van der Waals surface area contributed by atoms with Crippen LogP contribution in [0.2, 0.25) is 0 Å². The van der Waals surface area contributed by atoms with Gasteiger partial charge in [0.1, 0.15) is 0 Å². The number of aryl methyl sites for hydroxylation is 1. The Morgan fingerprint density at radius 1 is 1.03 bits per heavy atom. The second-order valence-electron chi connectivity index (χ2n) is 8.29. The second kappa shape index (κ2) is 9.92. The molecule has 0 unspecified atom stereocenters. The summed E-state index contributed by atoms with van der Waals surface area (Å²) in [6.45, 7) is 4.29. The Hall–Kier alpha value is -2.34. The molecule has 0 aliphatic heterocycles. The largest absolute Gasteiger partial charge is 0.493 e. The van der Waals surface area contributed by atoms with Gasteiger partial charge in [-0.25, -0.2) is 4.39 Å². The number of nitrogens with zero attached hydrogens (tertiary/aromatic N) is 1. The Balaban J connectivity index is 1.91. The predicted molar refractivity (Wildman–Crippen MR) is 117 cm³/mol. The molecular formula is C26H32FNO. The van der Waals surface area contributed by atoms with Gasteiger partial charge in [0.2, 0.25) is 0 Å². The Bertz CT molecular complexity index is 875. The van der Waals surface area contributed by atoms with Gasteiger partial charge >= 0.3 is 0 Å². The molecule has 1 fully saturated rings. The first kappa shape index (κ1) is 21.4. The molecule has 3 heteroatoms. The van der Waals surface area contributed by atoms with E-state index >= 15 is 0 Å². The third kappa shape index (κ3) is 4.64. The molecule has 0 N–H and O–H groups in total. The van der Waals surface area contributed by atoms with Crippen LogP contribution in [0.25, 0.3) is 11.1 Å². The summed E-state index contributed by atoms with van der Waals surface area (Å²) in [4.78, 5) is 0. The van der Waals surface area contributed by atoms with Crippen molar-refractivity contribution in [2.24, 2.45) is 5.92 Å². The quantitative estimate of drug-likeness (QED) is 0.491. The fourth-order valence-electron chi connectivity index (χ4n) is 4.81. The standard InChI is InChI=1S/C26H32FNO/c1-4-6-18-8-10-19(11-9-18)21-13-14-23(22(16-21)17-28)24-15-12-20(7-5-2)25(27)26(24)29-3/h12-16,18-19H,4-11H2,1-3H3. The molecular weight excluding hydrogens is 361 g/mol. The minimum absolute atomic E-state index is 0.236. The van der Waals surface area contributed by atoms with Gasteiger partial charge in [-0.3, -0.25) is 0 Å². The fraction of sp³-hybridized carbons (Fsp3) is 0.500. The van der Waals surface area contributed by atoms with Gasteiger partial charge in [-0.05, 0) is 61.1 Å². The molecule has 0 heterocycles. The van der Waals surface area contributed by atoms with Crippen LogP contribution in [-0.4, -0.2) is 7.11 Å². The van der Waals surface area contributed by atoms with E-state index in [1.54, 1.807) is 0 Å². The van der Waals surface area contributed by atoms with E-state index in [9.17, 15) is 9.65 Å². The van der Waals surface area contributed by atoms with Gasteiger partial charge in [0.05, 0.1) is 18.7 Å². The number of hydrogen-bond acceptors (Lipinski definition) is 2. The summed E-state index contributed by atoms with van der Waals surface area (Å²) < 4.78 is 20.3. The Morgan fingerprint density at radius 3 is 2.38 bits per heavy atom. The average molecular weight is 394 g/mol. The molecule has 3 rings (SSSR count). The maximum absolute atomic E-state index is 14.9. The summed E-state index contributed by atoms with van der Waals surface area (Å²) in [5.74, 6) is 1.31. The van der Waals surface area contributed by atoms with E-state index in [4.69, 9.17) is 4.74 Å². The Kier molecular flexibility index (Phi) is 7.31. The smallest absolute Gasteiger partial charge is 0.168 e. The number of benzene rings is 2. The highest BCUT2D eigenvalue weighted by molar-refractivity contribution is 5.77. The van der Waals surface area contributed by atoms with Crippen LogP contribution in [0.15, 0.2) is 30.3 Å². The molecule has 1 aliphatic carbocycles. The monoisotopic (exact) mass is 393 g/mol. The van der Waals surface area contributed by atoms with E-state index in [0.717, 1.165) is 17.9 Å². The van der Waals surface area contributed by atoms with Crippen molar-refractivity contribution in [3.8, 4) is 22.9 Å². The van der Waals surface area contributed by atoms with Crippen molar-refractivity contribution >= 4 is 0 Å². The van der Waals surface area contributed by atoms with Gasteiger partial charge in [-0.1, -0.05) is 57.4 Å². The van der Waals surface area contributed by atoms with Gasteiger partial charge in [0.15, 0.2) is 11.6 Å². The Labute approximate surface area is 174 Å². The predicted octanol–water partition coefficient (Wildman–Crippen LogP) is 7.40. The van der Waals surface area contributed by atoms with E-state index in [-0.39, 0.29) is 11.6 Å². The number of ether oxygens (including phenoxy) is 1. The number of methoxy groups -OCH3 is 1. The van der Waals surface area contributed by atoms with Crippen molar-refractivity contribution in [1.29, 1.82) is 5.26 Å². The van der Waals surface area contributed by atoms with Crippen LogP contribution in [0.1, 0.15) is 81.4 Å². The summed E-state index contributed by atoms with van der Waals surface area (Å²) in [5.41, 5.74) is 3.89. The molecule has 0 atom stereocenters. The van der Waals surface area contributed by atoms with Crippen LogP contribution in [0, 0.1) is 23.1 Å². The first-order chi connectivity index (χ1) is 14.1. The zero-order valence-corrected chi connectivity index (χ0v) is 17.9. The molecule has 1 saturated carbocycles. The normalized spacial score (nSPS) is 19.0. The second-order valence-corrected chi connectivity index (χ2v) is 8.29. The van der Waals surface area contributed by atoms with Gasteiger partial charge in [0, 0.05) is 11.1 Å². The first-order valence-corrected chi connectivity index (χ1v) is 11.0. The summed E-state index contributed by atoms with van der Waals surface area (Å²) >= 11 is 0. The summed E-state index contributed by atoms with van der Waals surface area (Å²) in [5, 5.41) is 9.80. The molecule has 29 heavy (non-hydrogen) atoms. The maximum Gasteiger partial charge on any atom is 0.168 e. The Morgan fingerprint density at radius 2 is 1.76 bits per heavy atom. The lowest BCUT2D eigenvalue weighted by molar-refractivity contribution is 0.308. The van der Waals surface area contributed by atoms with Gasteiger partial charge in [-0.15, -0.1) is 0 Å². The molecule has 154 valence electrons. The topological polar surface area (TPSA) is 33.0 Å². The minimum atomic E-state index is -0.311. The molecule has 0 saturated heterocycles. The molecule has 0 spiro atoms. The molecule has 1 aliphatic rings. The van der Waals surface area contributed by atoms with Crippen molar-refractivity contribution in [2.45, 2.75) is 71.1 Å². The zero-order chi connectivity index (χ0) is 20.8. The third-order valence-electron chi connectivity index (χ3n) is 6.37. The molecule has 0 amide bonds. The molecule has 0 aromatic heterocycles. The van der Waals surface area contributed by atoms with E-state index in [0.29, 0.717) is 29.0 Å². The minimum Gasteiger partial charge on any atom is -0.493 e. The highest BCUT2D eigenvalue weighted by Crippen LogP contribution is 2.40. The van der Waals surface area contributed by atoms with Gasteiger partial charge < -0.3 is 4.74 Å².